The second-order valence-corrected chi connectivity index (χ2v) is 12.3. The van der Waals surface area contributed by atoms with Crippen molar-refractivity contribution in [1.29, 1.82) is 0 Å². The first-order valence-electron chi connectivity index (χ1n) is 12.0. The number of ether oxygens (including phenoxy) is 1. The van der Waals surface area contributed by atoms with Gasteiger partial charge in [0.05, 0.1) is 30.6 Å². The number of rotatable bonds is 9. The molecule has 1 amide bonds. The number of hydrogen-bond donors (Lipinski definition) is 1. The van der Waals surface area contributed by atoms with E-state index in [1.54, 1.807) is 0 Å². The fraction of sp³-hybridized carbons (Fsp3) is 0.321. The number of nitrogens with zero attached hydrogens (tertiary/aromatic N) is 1. The highest BCUT2D eigenvalue weighted by Crippen LogP contribution is 2.39. The van der Waals surface area contributed by atoms with Crippen LogP contribution >= 0.6 is 11.6 Å². The Morgan fingerprint density at radius 2 is 1.59 bits per heavy atom. The summed E-state index contributed by atoms with van der Waals surface area (Å²) in [6.07, 6.45) is -3.99. The minimum Gasteiger partial charge on any atom is -0.492 e. The first-order chi connectivity index (χ1) is 18.1. The molecule has 0 saturated carbocycles. The van der Waals surface area contributed by atoms with E-state index >= 15 is 0 Å². The van der Waals surface area contributed by atoms with Crippen LogP contribution in [0.2, 0.25) is 5.02 Å². The molecule has 1 N–H and O–H groups in total. The summed E-state index contributed by atoms with van der Waals surface area (Å²) in [5, 5.41) is 2.57. The maximum Gasteiger partial charge on any atom is 0.418 e. The van der Waals surface area contributed by atoms with E-state index in [9.17, 15) is 26.4 Å². The van der Waals surface area contributed by atoms with Gasteiger partial charge in [-0.05, 0) is 59.0 Å². The summed E-state index contributed by atoms with van der Waals surface area (Å²) in [5.74, 6) is 0.316. The van der Waals surface area contributed by atoms with E-state index in [1.165, 1.54) is 35.9 Å². The van der Waals surface area contributed by atoms with E-state index in [1.807, 2.05) is 24.3 Å². The van der Waals surface area contributed by atoms with Crippen molar-refractivity contribution < 1.29 is 31.1 Å². The molecule has 3 aromatic carbocycles. The fourth-order valence-corrected chi connectivity index (χ4v) is 4.82. The topological polar surface area (TPSA) is 75.7 Å². The van der Waals surface area contributed by atoms with Gasteiger partial charge in [0.15, 0.2) is 0 Å². The smallest absolute Gasteiger partial charge is 0.418 e. The molecular formula is C28H30ClF3N2O4S. The van der Waals surface area contributed by atoms with Crippen molar-refractivity contribution in [2.45, 2.75) is 38.9 Å². The zero-order chi connectivity index (χ0) is 29.0. The van der Waals surface area contributed by atoms with Gasteiger partial charge in [-0.25, -0.2) is 8.42 Å². The van der Waals surface area contributed by atoms with E-state index in [0.717, 1.165) is 12.3 Å². The van der Waals surface area contributed by atoms with Gasteiger partial charge in [0.25, 0.3) is 5.91 Å². The Morgan fingerprint density at radius 1 is 0.974 bits per heavy atom. The van der Waals surface area contributed by atoms with Gasteiger partial charge in [-0.15, -0.1) is 0 Å². The third kappa shape index (κ3) is 8.37. The third-order valence-electron chi connectivity index (χ3n) is 5.85. The highest BCUT2D eigenvalue weighted by Gasteiger charge is 2.37. The number of benzene rings is 3. The zero-order valence-corrected chi connectivity index (χ0v) is 23.5. The molecule has 3 rings (SSSR count). The van der Waals surface area contributed by atoms with E-state index in [0.29, 0.717) is 27.2 Å². The van der Waals surface area contributed by atoms with E-state index in [2.05, 4.69) is 26.1 Å². The van der Waals surface area contributed by atoms with Crippen LogP contribution in [0, 0.1) is 0 Å². The second-order valence-electron chi connectivity index (χ2n) is 10.0. The van der Waals surface area contributed by atoms with Gasteiger partial charge in [0, 0.05) is 10.6 Å². The molecule has 0 aliphatic heterocycles. The molecule has 0 bridgehead atoms. The Bertz CT molecular complexity index is 1400. The first-order valence-corrected chi connectivity index (χ1v) is 14.2. The van der Waals surface area contributed by atoms with E-state index < -0.39 is 27.5 Å². The number of sulfonamides is 1. The van der Waals surface area contributed by atoms with Crippen LogP contribution in [0.4, 0.5) is 18.9 Å². The summed E-state index contributed by atoms with van der Waals surface area (Å²) in [6, 6.07) is 16.6. The lowest BCUT2D eigenvalue weighted by Gasteiger charge is -2.26. The molecule has 6 nitrogen and oxygen atoms in total. The summed E-state index contributed by atoms with van der Waals surface area (Å²) in [4.78, 5) is 12.5. The number of halogens is 4. The van der Waals surface area contributed by atoms with Gasteiger partial charge < -0.3 is 10.1 Å². The third-order valence-corrected chi connectivity index (χ3v) is 7.21. The van der Waals surface area contributed by atoms with Crippen molar-refractivity contribution in [2.75, 3.05) is 23.7 Å². The number of amides is 1. The molecule has 0 aromatic heterocycles. The van der Waals surface area contributed by atoms with Gasteiger partial charge in [0.1, 0.15) is 12.4 Å². The Morgan fingerprint density at radius 3 is 2.13 bits per heavy atom. The van der Waals surface area contributed by atoms with Crippen LogP contribution in [0.3, 0.4) is 0 Å². The lowest BCUT2D eigenvalue weighted by atomic mass is 9.87. The molecule has 11 heteroatoms. The minimum absolute atomic E-state index is 0.0347. The molecule has 0 radical (unpaired) electrons. The van der Waals surface area contributed by atoms with Gasteiger partial charge in [-0.3, -0.25) is 9.10 Å². The normalized spacial score (nSPS) is 12.2. The van der Waals surface area contributed by atoms with Gasteiger partial charge >= 0.3 is 6.18 Å². The van der Waals surface area contributed by atoms with Crippen LogP contribution in [0.1, 0.15) is 47.8 Å². The van der Waals surface area contributed by atoms with E-state index in [-0.39, 0.29) is 36.0 Å². The monoisotopic (exact) mass is 582 g/mol. The predicted octanol–water partition coefficient (Wildman–Crippen LogP) is 6.43. The summed E-state index contributed by atoms with van der Waals surface area (Å²) in [7, 11) is -4.09. The average molecular weight is 583 g/mol. The van der Waals surface area contributed by atoms with Gasteiger partial charge in [-0.2, -0.15) is 13.2 Å². The molecule has 0 aliphatic carbocycles. The molecule has 0 saturated heterocycles. The highest BCUT2D eigenvalue weighted by molar-refractivity contribution is 7.92. The quantitative estimate of drug-likeness (QED) is 0.295. The second kappa shape index (κ2) is 11.9. The molecular weight excluding hydrogens is 553 g/mol. The molecule has 0 aliphatic rings. The predicted molar refractivity (Wildman–Crippen MR) is 147 cm³/mol. The van der Waals surface area contributed by atoms with Crippen LogP contribution in [-0.2, 0) is 28.2 Å². The van der Waals surface area contributed by atoms with Crippen molar-refractivity contribution in [3.05, 3.63) is 94.0 Å². The molecule has 0 unspecified atom stereocenters. The Balaban J connectivity index is 1.63. The fourth-order valence-electron chi connectivity index (χ4n) is 3.75. The SMILES string of the molecule is CC(C)(C)c1ccc(OCCNC(=O)c2ccc(CN(c3ccc(Cl)cc3C(F)(F)F)S(C)(=O)=O)cc2)cc1. The van der Waals surface area contributed by atoms with Crippen molar-refractivity contribution in [1.82, 2.24) is 5.32 Å². The Hall–Kier alpha value is -3.24. The van der Waals surface area contributed by atoms with Crippen molar-refractivity contribution >= 4 is 33.2 Å². The van der Waals surface area contributed by atoms with Crippen LogP contribution in [-0.4, -0.2) is 33.7 Å². The minimum atomic E-state index is -4.81. The molecule has 0 atom stereocenters. The summed E-state index contributed by atoms with van der Waals surface area (Å²) >= 11 is 5.73. The van der Waals surface area contributed by atoms with E-state index in [4.69, 9.17) is 16.3 Å². The maximum atomic E-state index is 13.6. The van der Waals surface area contributed by atoms with Crippen molar-refractivity contribution in [3.8, 4) is 5.75 Å². The average Bonchev–Trinajstić information content (AvgIpc) is 2.84. The lowest BCUT2D eigenvalue weighted by molar-refractivity contribution is -0.137. The van der Waals surface area contributed by atoms with Gasteiger partial charge in [0.2, 0.25) is 10.0 Å². The van der Waals surface area contributed by atoms with Gasteiger partial charge in [-0.1, -0.05) is 56.6 Å². The number of nitrogens with one attached hydrogen (secondary N) is 1. The van der Waals surface area contributed by atoms with Crippen LogP contribution in [0.5, 0.6) is 5.75 Å². The molecule has 0 spiro atoms. The largest absolute Gasteiger partial charge is 0.492 e. The number of carbonyl (C=O) groups excluding carboxylic acids is 1. The number of anilines is 1. The number of alkyl halides is 3. The summed E-state index contributed by atoms with van der Waals surface area (Å²) in [5.41, 5.74) is 0.213. The summed E-state index contributed by atoms with van der Waals surface area (Å²) in [6.45, 7) is 6.50. The number of carbonyl (C=O) groups is 1. The molecule has 210 valence electrons. The molecule has 0 fully saturated rings. The lowest BCUT2D eigenvalue weighted by Crippen LogP contribution is -2.31. The molecule has 3 aromatic rings. The van der Waals surface area contributed by atoms with Crippen LogP contribution in [0.15, 0.2) is 66.7 Å². The Labute approximate surface area is 231 Å². The number of hydrogen-bond acceptors (Lipinski definition) is 4. The molecule has 39 heavy (non-hydrogen) atoms. The van der Waals surface area contributed by atoms with Crippen molar-refractivity contribution in [3.63, 3.8) is 0 Å². The van der Waals surface area contributed by atoms with Crippen LogP contribution < -0.4 is 14.4 Å². The maximum absolute atomic E-state index is 13.6. The standard InChI is InChI=1S/C28H30ClF3N2O4S/c1-27(2,3)21-9-12-23(13-10-21)38-16-15-33-26(35)20-7-5-19(6-8-20)18-34(39(4,36)37)25-14-11-22(29)17-24(25)28(30,31)32/h5-14,17H,15-16,18H2,1-4H3,(H,33,35). The first kappa shape index (κ1) is 30.3. The van der Waals surface area contributed by atoms with Crippen LogP contribution in [0.25, 0.3) is 0 Å². The highest BCUT2D eigenvalue weighted by atomic mass is 35.5. The zero-order valence-electron chi connectivity index (χ0n) is 22.0. The Kier molecular flexibility index (Phi) is 9.23. The molecule has 0 heterocycles. The van der Waals surface area contributed by atoms with Crippen molar-refractivity contribution in [2.24, 2.45) is 0 Å². The summed E-state index contributed by atoms with van der Waals surface area (Å²) < 4.78 is 72.0.